The number of benzene rings is 2. The van der Waals surface area contributed by atoms with Gasteiger partial charge in [0.05, 0.1) is 6.54 Å². The average molecular weight is 396 g/mol. The molecule has 0 saturated carbocycles. The number of rotatable bonds is 5. The van der Waals surface area contributed by atoms with E-state index >= 15 is 0 Å². The molecule has 2 aromatic rings. The van der Waals surface area contributed by atoms with Gasteiger partial charge >= 0.3 is 0 Å². The molecule has 1 saturated heterocycles. The zero-order valence-corrected chi connectivity index (χ0v) is 16.2. The Morgan fingerprint density at radius 3 is 2.88 bits per heavy atom. The van der Waals surface area contributed by atoms with E-state index in [0.29, 0.717) is 6.54 Å². The minimum atomic E-state index is -0.249. The third-order valence-electron chi connectivity index (χ3n) is 4.29. The highest BCUT2D eigenvalue weighted by atomic mass is 35.5. The summed E-state index contributed by atoms with van der Waals surface area (Å²) >= 11 is 1.64. The van der Waals surface area contributed by atoms with Crippen LogP contribution in [0.5, 0.6) is 0 Å². The molecule has 1 fully saturated rings. The fourth-order valence-corrected chi connectivity index (χ4v) is 3.52. The normalized spacial score (nSPS) is 17.4. The summed E-state index contributed by atoms with van der Waals surface area (Å²) in [5.74, 6) is -0.303. The van der Waals surface area contributed by atoms with Gasteiger partial charge < -0.3 is 10.6 Å². The molecule has 4 nitrogen and oxygen atoms in total. The van der Waals surface area contributed by atoms with E-state index in [4.69, 9.17) is 0 Å². The maximum atomic E-state index is 13.6. The molecule has 7 heteroatoms. The van der Waals surface area contributed by atoms with Crippen molar-refractivity contribution in [2.45, 2.75) is 10.9 Å². The van der Waals surface area contributed by atoms with Gasteiger partial charge in [-0.25, -0.2) is 4.39 Å². The number of carbonyl (C=O) groups excluding carboxylic acids is 1. The number of anilines is 1. The smallest absolute Gasteiger partial charge is 0.238 e. The third kappa shape index (κ3) is 5.45. The molecule has 0 radical (unpaired) electrons. The molecule has 0 spiro atoms. The van der Waals surface area contributed by atoms with E-state index < -0.39 is 0 Å². The zero-order chi connectivity index (χ0) is 17.6. The molecule has 2 N–H and O–H groups in total. The summed E-state index contributed by atoms with van der Waals surface area (Å²) in [5, 5.41) is 6.28. The number of hydrogen-bond acceptors (Lipinski definition) is 4. The summed E-state index contributed by atoms with van der Waals surface area (Å²) in [6.07, 6.45) is 2.01. The van der Waals surface area contributed by atoms with E-state index in [2.05, 4.69) is 15.5 Å². The largest absolute Gasteiger partial charge is 0.325 e. The van der Waals surface area contributed by atoms with Gasteiger partial charge in [-0.15, -0.1) is 24.2 Å². The zero-order valence-electron chi connectivity index (χ0n) is 14.6. The monoisotopic (exact) mass is 395 g/mol. The fourth-order valence-electron chi connectivity index (χ4n) is 3.06. The van der Waals surface area contributed by atoms with Crippen LogP contribution in [0.4, 0.5) is 10.1 Å². The first-order valence-corrected chi connectivity index (χ1v) is 9.52. The predicted molar refractivity (Wildman–Crippen MR) is 108 cm³/mol. The molecule has 1 unspecified atom stereocenters. The number of nitrogens with zero attached hydrogens (tertiary/aromatic N) is 1. The molecule has 1 aliphatic rings. The van der Waals surface area contributed by atoms with Crippen molar-refractivity contribution in [2.24, 2.45) is 0 Å². The number of halogens is 2. The number of nitrogens with one attached hydrogen (secondary N) is 2. The van der Waals surface area contributed by atoms with Gasteiger partial charge in [0.25, 0.3) is 0 Å². The van der Waals surface area contributed by atoms with Crippen LogP contribution >= 0.6 is 24.2 Å². The van der Waals surface area contributed by atoms with Gasteiger partial charge in [-0.2, -0.15) is 0 Å². The van der Waals surface area contributed by atoms with E-state index in [-0.39, 0.29) is 36.7 Å². The number of piperazine rings is 1. The van der Waals surface area contributed by atoms with Gasteiger partial charge in [0.15, 0.2) is 0 Å². The molecule has 0 aliphatic carbocycles. The Labute approximate surface area is 164 Å². The summed E-state index contributed by atoms with van der Waals surface area (Å²) in [6, 6.07) is 14.4. The lowest BCUT2D eigenvalue weighted by atomic mass is 10.0. The molecule has 0 bridgehead atoms. The van der Waals surface area contributed by atoms with Crippen LogP contribution in [-0.2, 0) is 4.79 Å². The second-order valence-corrected chi connectivity index (χ2v) is 6.91. The summed E-state index contributed by atoms with van der Waals surface area (Å²) in [5.41, 5.74) is 1.69. The number of carbonyl (C=O) groups is 1. The first-order valence-electron chi connectivity index (χ1n) is 8.30. The molecule has 3 rings (SSSR count). The van der Waals surface area contributed by atoms with Crippen LogP contribution < -0.4 is 10.6 Å². The highest BCUT2D eigenvalue weighted by Crippen LogP contribution is 2.23. The molecule has 0 aromatic heterocycles. The fraction of sp³-hybridized carbons (Fsp3) is 0.316. The highest BCUT2D eigenvalue weighted by molar-refractivity contribution is 7.98. The maximum absolute atomic E-state index is 13.6. The lowest BCUT2D eigenvalue weighted by molar-refractivity contribution is -0.118. The lowest BCUT2D eigenvalue weighted by Crippen LogP contribution is -2.48. The Morgan fingerprint density at radius 1 is 1.31 bits per heavy atom. The van der Waals surface area contributed by atoms with E-state index in [0.717, 1.165) is 29.2 Å². The van der Waals surface area contributed by atoms with Gasteiger partial charge in [0, 0.05) is 36.3 Å². The molecule has 26 heavy (non-hydrogen) atoms. The quantitative estimate of drug-likeness (QED) is 0.760. The summed E-state index contributed by atoms with van der Waals surface area (Å²) in [4.78, 5) is 15.7. The Kier molecular flexibility index (Phi) is 7.90. The number of amides is 1. The third-order valence-corrected chi connectivity index (χ3v) is 5.01. The Balaban J connectivity index is 0.00000243. The van der Waals surface area contributed by atoms with Crippen molar-refractivity contribution in [1.82, 2.24) is 10.2 Å². The van der Waals surface area contributed by atoms with E-state index in [1.54, 1.807) is 23.9 Å². The van der Waals surface area contributed by atoms with E-state index in [1.807, 2.05) is 36.6 Å². The van der Waals surface area contributed by atoms with Crippen molar-refractivity contribution in [2.75, 3.05) is 37.8 Å². The van der Waals surface area contributed by atoms with Gasteiger partial charge in [-0.3, -0.25) is 9.69 Å². The van der Waals surface area contributed by atoms with Crippen LogP contribution in [-0.4, -0.2) is 43.2 Å². The Bertz CT molecular complexity index is 746. The van der Waals surface area contributed by atoms with E-state index in [1.165, 1.54) is 6.07 Å². The minimum absolute atomic E-state index is 0. The van der Waals surface area contributed by atoms with Crippen molar-refractivity contribution >= 4 is 35.8 Å². The van der Waals surface area contributed by atoms with Crippen LogP contribution in [0.25, 0.3) is 0 Å². The van der Waals surface area contributed by atoms with Crippen molar-refractivity contribution in [1.29, 1.82) is 0 Å². The van der Waals surface area contributed by atoms with Gasteiger partial charge in [-0.1, -0.05) is 18.2 Å². The van der Waals surface area contributed by atoms with Crippen molar-refractivity contribution in [3.05, 3.63) is 59.9 Å². The van der Waals surface area contributed by atoms with Crippen molar-refractivity contribution in [3.63, 3.8) is 0 Å². The second-order valence-electron chi connectivity index (χ2n) is 6.03. The van der Waals surface area contributed by atoms with Crippen LogP contribution in [0.3, 0.4) is 0 Å². The Morgan fingerprint density at radius 2 is 2.12 bits per heavy atom. The summed E-state index contributed by atoms with van der Waals surface area (Å²) in [6.45, 7) is 2.56. The standard InChI is InChI=1S/C19H22FN3OS.ClH/c1-25-17-7-3-6-16(11-17)22-19(24)13-23-9-8-21-12-18(23)14-4-2-5-15(20)10-14;/h2-7,10-11,18,21H,8-9,12-13H2,1H3,(H,22,24);1H. The van der Waals surface area contributed by atoms with Crippen molar-refractivity contribution < 1.29 is 9.18 Å². The second kappa shape index (κ2) is 9.92. The van der Waals surface area contributed by atoms with Gasteiger partial charge in [0.2, 0.25) is 5.91 Å². The number of thioether (sulfide) groups is 1. The van der Waals surface area contributed by atoms with Crippen LogP contribution in [0.1, 0.15) is 11.6 Å². The molecule has 1 atom stereocenters. The lowest BCUT2D eigenvalue weighted by Gasteiger charge is -2.36. The van der Waals surface area contributed by atoms with Gasteiger partial charge in [0.1, 0.15) is 5.82 Å². The Hall–Kier alpha value is -1.60. The summed E-state index contributed by atoms with van der Waals surface area (Å²) < 4.78 is 13.6. The first kappa shape index (κ1) is 20.7. The molecular formula is C19H23ClFN3OS. The van der Waals surface area contributed by atoms with Crippen LogP contribution in [0.2, 0.25) is 0 Å². The maximum Gasteiger partial charge on any atom is 0.238 e. The van der Waals surface area contributed by atoms with Crippen LogP contribution in [0.15, 0.2) is 53.4 Å². The van der Waals surface area contributed by atoms with E-state index in [9.17, 15) is 9.18 Å². The highest BCUT2D eigenvalue weighted by Gasteiger charge is 2.25. The molecule has 1 amide bonds. The van der Waals surface area contributed by atoms with Crippen LogP contribution in [0, 0.1) is 5.82 Å². The predicted octanol–water partition coefficient (Wildman–Crippen LogP) is 3.55. The first-order chi connectivity index (χ1) is 12.2. The molecule has 1 heterocycles. The SMILES string of the molecule is CSc1cccc(NC(=O)CN2CCNCC2c2cccc(F)c2)c1.Cl. The minimum Gasteiger partial charge on any atom is -0.325 e. The topological polar surface area (TPSA) is 44.4 Å². The van der Waals surface area contributed by atoms with Gasteiger partial charge in [-0.05, 0) is 42.2 Å². The molecular weight excluding hydrogens is 373 g/mol. The molecule has 140 valence electrons. The average Bonchev–Trinajstić information content (AvgIpc) is 2.62. The summed E-state index contributed by atoms with van der Waals surface area (Å²) in [7, 11) is 0. The number of hydrogen-bond donors (Lipinski definition) is 2. The molecule has 1 aliphatic heterocycles. The van der Waals surface area contributed by atoms with Crippen molar-refractivity contribution in [3.8, 4) is 0 Å². The molecule has 2 aromatic carbocycles.